The Morgan fingerprint density at radius 3 is 3.00 bits per heavy atom. The second-order valence-corrected chi connectivity index (χ2v) is 3.92. The largest absolute Gasteiger partial charge is 0.381 e. The summed E-state index contributed by atoms with van der Waals surface area (Å²) in [5.41, 5.74) is 1.91. The Morgan fingerprint density at radius 2 is 2.18 bits per heavy atom. The topological polar surface area (TPSA) is 47.0 Å². The van der Waals surface area contributed by atoms with Crippen molar-refractivity contribution in [3.63, 3.8) is 0 Å². The van der Waals surface area contributed by atoms with Gasteiger partial charge < -0.3 is 10.1 Å². The minimum Gasteiger partial charge on any atom is -0.381 e. The summed E-state index contributed by atoms with van der Waals surface area (Å²) in [6, 6.07) is 7.96. The highest BCUT2D eigenvalue weighted by Gasteiger charge is 2.04. The standard InChI is InChI=1S/C13H17N3O/c1-3-17-10(2)8-14-13-9-15-16-12-7-5-4-6-11(12)13/h4-7,9-10H,3,8H2,1-2H3,(H,14,16). The minimum absolute atomic E-state index is 0.187. The second kappa shape index (κ2) is 5.59. The third kappa shape index (κ3) is 2.91. The van der Waals surface area contributed by atoms with Gasteiger partial charge in [-0.25, -0.2) is 0 Å². The van der Waals surface area contributed by atoms with Crippen molar-refractivity contribution in [1.82, 2.24) is 10.2 Å². The molecule has 2 rings (SSSR count). The average molecular weight is 231 g/mol. The number of nitrogens with zero attached hydrogens (tertiary/aromatic N) is 2. The first-order valence-electron chi connectivity index (χ1n) is 5.87. The Balaban J connectivity index is 2.13. The quantitative estimate of drug-likeness (QED) is 0.858. The van der Waals surface area contributed by atoms with Crippen LogP contribution in [0.1, 0.15) is 13.8 Å². The summed E-state index contributed by atoms with van der Waals surface area (Å²) < 4.78 is 5.48. The maximum Gasteiger partial charge on any atom is 0.0950 e. The first kappa shape index (κ1) is 11.8. The van der Waals surface area contributed by atoms with E-state index in [2.05, 4.69) is 15.5 Å². The summed E-state index contributed by atoms with van der Waals surface area (Å²) in [6.45, 7) is 5.55. The number of fused-ring (bicyclic) bond motifs is 1. The molecule has 90 valence electrons. The molecule has 0 aliphatic heterocycles. The lowest BCUT2D eigenvalue weighted by atomic mass is 10.2. The zero-order valence-corrected chi connectivity index (χ0v) is 10.2. The van der Waals surface area contributed by atoms with Gasteiger partial charge in [0, 0.05) is 18.5 Å². The summed E-state index contributed by atoms with van der Waals surface area (Å²) in [7, 11) is 0. The molecule has 0 radical (unpaired) electrons. The smallest absolute Gasteiger partial charge is 0.0950 e. The Kier molecular flexibility index (Phi) is 3.88. The van der Waals surface area contributed by atoms with Crippen LogP contribution in [0.15, 0.2) is 30.5 Å². The van der Waals surface area contributed by atoms with Crippen molar-refractivity contribution in [2.75, 3.05) is 18.5 Å². The van der Waals surface area contributed by atoms with Gasteiger partial charge in [0.2, 0.25) is 0 Å². The van der Waals surface area contributed by atoms with E-state index in [1.165, 1.54) is 0 Å². The van der Waals surface area contributed by atoms with Crippen molar-refractivity contribution >= 4 is 16.6 Å². The molecular weight excluding hydrogens is 214 g/mol. The number of hydrogen-bond acceptors (Lipinski definition) is 4. The molecule has 0 bridgehead atoms. The number of rotatable bonds is 5. The third-order valence-corrected chi connectivity index (χ3v) is 2.58. The van der Waals surface area contributed by atoms with E-state index in [9.17, 15) is 0 Å². The molecule has 4 nitrogen and oxygen atoms in total. The maximum absolute atomic E-state index is 5.48. The molecule has 0 fully saturated rings. The van der Waals surface area contributed by atoms with Crippen LogP contribution in [0.25, 0.3) is 10.9 Å². The zero-order valence-electron chi connectivity index (χ0n) is 10.2. The molecule has 1 N–H and O–H groups in total. The molecule has 0 saturated heterocycles. The van der Waals surface area contributed by atoms with E-state index in [4.69, 9.17) is 4.74 Å². The third-order valence-electron chi connectivity index (χ3n) is 2.58. The summed E-state index contributed by atoms with van der Waals surface area (Å²) >= 11 is 0. The molecule has 0 aliphatic carbocycles. The second-order valence-electron chi connectivity index (χ2n) is 3.92. The fourth-order valence-corrected chi connectivity index (χ4v) is 1.74. The van der Waals surface area contributed by atoms with Crippen LogP contribution in [0.5, 0.6) is 0 Å². The van der Waals surface area contributed by atoms with Crippen LogP contribution in [0.3, 0.4) is 0 Å². The van der Waals surface area contributed by atoms with Crippen molar-refractivity contribution in [1.29, 1.82) is 0 Å². The Labute approximate surface area is 101 Å². The summed E-state index contributed by atoms with van der Waals surface area (Å²) in [5.74, 6) is 0. The number of ether oxygens (including phenoxy) is 1. The van der Waals surface area contributed by atoms with Gasteiger partial charge in [-0.3, -0.25) is 0 Å². The zero-order chi connectivity index (χ0) is 12.1. The van der Waals surface area contributed by atoms with E-state index in [1.54, 1.807) is 6.20 Å². The molecule has 0 spiro atoms. The van der Waals surface area contributed by atoms with Crippen LogP contribution in [0.4, 0.5) is 5.69 Å². The van der Waals surface area contributed by atoms with Gasteiger partial charge in [-0.15, -0.1) is 0 Å². The van der Waals surface area contributed by atoms with E-state index in [0.717, 1.165) is 29.7 Å². The van der Waals surface area contributed by atoms with Gasteiger partial charge in [-0.1, -0.05) is 18.2 Å². The van der Waals surface area contributed by atoms with Crippen LogP contribution in [0, 0.1) is 0 Å². The molecule has 0 saturated carbocycles. The van der Waals surface area contributed by atoms with E-state index in [0.29, 0.717) is 0 Å². The number of aromatic nitrogens is 2. The van der Waals surface area contributed by atoms with E-state index in [-0.39, 0.29) is 6.10 Å². The van der Waals surface area contributed by atoms with Crippen molar-refractivity contribution < 1.29 is 4.74 Å². The van der Waals surface area contributed by atoms with Crippen LogP contribution in [-0.4, -0.2) is 29.5 Å². The number of benzene rings is 1. The Hall–Kier alpha value is -1.68. The van der Waals surface area contributed by atoms with Crippen molar-refractivity contribution in [2.45, 2.75) is 20.0 Å². The van der Waals surface area contributed by atoms with Crippen LogP contribution < -0.4 is 5.32 Å². The highest BCUT2D eigenvalue weighted by molar-refractivity contribution is 5.90. The lowest BCUT2D eigenvalue weighted by molar-refractivity contribution is 0.0855. The average Bonchev–Trinajstić information content (AvgIpc) is 2.36. The molecule has 0 amide bonds. The van der Waals surface area contributed by atoms with Gasteiger partial charge in [0.15, 0.2) is 0 Å². The Morgan fingerprint density at radius 1 is 1.35 bits per heavy atom. The molecule has 1 aromatic heterocycles. The van der Waals surface area contributed by atoms with Crippen molar-refractivity contribution in [3.8, 4) is 0 Å². The van der Waals surface area contributed by atoms with E-state index in [1.807, 2.05) is 38.1 Å². The van der Waals surface area contributed by atoms with Crippen LogP contribution >= 0.6 is 0 Å². The SMILES string of the molecule is CCOC(C)CNc1cnnc2ccccc12. The van der Waals surface area contributed by atoms with Gasteiger partial charge >= 0.3 is 0 Å². The van der Waals surface area contributed by atoms with Crippen LogP contribution in [0.2, 0.25) is 0 Å². The number of anilines is 1. The van der Waals surface area contributed by atoms with Gasteiger partial charge in [-0.2, -0.15) is 10.2 Å². The van der Waals surface area contributed by atoms with Gasteiger partial charge in [0.25, 0.3) is 0 Å². The summed E-state index contributed by atoms with van der Waals surface area (Å²) in [5, 5.41) is 12.5. The first-order chi connectivity index (χ1) is 8.31. The monoisotopic (exact) mass is 231 g/mol. The van der Waals surface area contributed by atoms with Crippen molar-refractivity contribution in [3.05, 3.63) is 30.5 Å². The van der Waals surface area contributed by atoms with Crippen LogP contribution in [-0.2, 0) is 4.74 Å². The number of hydrogen-bond donors (Lipinski definition) is 1. The maximum atomic E-state index is 5.48. The summed E-state index contributed by atoms with van der Waals surface area (Å²) in [4.78, 5) is 0. The normalized spacial score (nSPS) is 12.6. The molecule has 1 aromatic carbocycles. The molecular formula is C13H17N3O. The molecule has 1 unspecified atom stereocenters. The minimum atomic E-state index is 0.187. The molecule has 4 heteroatoms. The molecule has 1 atom stereocenters. The highest BCUT2D eigenvalue weighted by Crippen LogP contribution is 2.19. The molecule has 0 aliphatic rings. The lowest BCUT2D eigenvalue weighted by Crippen LogP contribution is -2.20. The Bertz CT molecular complexity index is 482. The first-order valence-corrected chi connectivity index (χ1v) is 5.87. The molecule has 17 heavy (non-hydrogen) atoms. The van der Waals surface area contributed by atoms with Crippen molar-refractivity contribution in [2.24, 2.45) is 0 Å². The highest BCUT2D eigenvalue weighted by atomic mass is 16.5. The predicted octanol–water partition coefficient (Wildman–Crippen LogP) is 2.47. The predicted molar refractivity (Wildman–Crippen MR) is 69.1 cm³/mol. The van der Waals surface area contributed by atoms with Gasteiger partial charge in [-0.05, 0) is 19.9 Å². The molecule has 2 aromatic rings. The van der Waals surface area contributed by atoms with Gasteiger partial charge in [0.1, 0.15) is 0 Å². The van der Waals surface area contributed by atoms with E-state index < -0.39 is 0 Å². The number of nitrogens with one attached hydrogen (secondary N) is 1. The van der Waals surface area contributed by atoms with Gasteiger partial charge in [0.05, 0.1) is 23.5 Å². The summed E-state index contributed by atoms with van der Waals surface area (Å²) in [6.07, 6.45) is 1.94. The fraction of sp³-hybridized carbons (Fsp3) is 0.385. The molecule has 1 heterocycles. The lowest BCUT2D eigenvalue weighted by Gasteiger charge is -2.14. The fourth-order valence-electron chi connectivity index (χ4n) is 1.74. The van der Waals surface area contributed by atoms with E-state index >= 15 is 0 Å².